The summed E-state index contributed by atoms with van der Waals surface area (Å²) in [6, 6.07) is 10.4. The predicted molar refractivity (Wildman–Crippen MR) is 105 cm³/mol. The molecular formula is C20H31N5. The molecule has 0 aliphatic rings. The van der Waals surface area contributed by atoms with Crippen LogP contribution in [0, 0.1) is 5.41 Å². The van der Waals surface area contributed by atoms with Crippen LogP contribution in [0.25, 0.3) is 0 Å². The molecular weight excluding hydrogens is 310 g/mol. The van der Waals surface area contributed by atoms with Crippen molar-refractivity contribution in [1.82, 2.24) is 20.4 Å². The number of hydrogen-bond acceptors (Lipinski definition) is 2. The van der Waals surface area contributed by atoms with Crippen LogP contribution in [0.2, 0.25) is 0 Å². The molecule has 0 spiro atoms. The number of rotatable bonds is 7. The maximum absolute atomic E-state index is 4.76. The number of benzene rings is 1. The molecule has 0 atom stereocenters. The van der Waals surface area contributed by atoms with E-state index in [1.165, 1.54) is 11.1 Å². The first-order chi connectivity index (χ1) is 12.0. The molecule has 0 saturated carbocycles. The van der Waals surface area contributed by atoms with Crippen molar-refractivity contribution in [3.8, 4) is 0 Å². The largest absolute Gasteiger partial charge is 0.357 e. The van der Waals surface area contributed by atoms with Crippen LogP contribution < -0.4 is 10.6 Å². The highest BCUT2D eigenvalue weighted by Crippen LogP contribution is 2.17. The zero-order valence-electron chi connectivity index (χ0n) is 15.9. The molecule has 25 heavy (non-hydrogen) atoms. The highest BCUT2D eigenvalue weighted by molar-refractivity contribution is 5.79. The van der Waals surface area contributed by atoms with Gasteiger partial charge in [-0.2, -0.15) is 5.10 Å². The SMILES string of the molecule is CCNC(=NCc1ccccc1Cn1cccn1)NCCC(C)(C)C. The van der Waals surface area contributed by atoms with E-state index in [-0.39, 0.29) is 0 Å². The van der Waals surface area contributed by atoms with Crippen molar-refractivity contribution in [2.45, 2.75) is 47.2 Å². The third-order valence-corrected chi connectivity index (χ3v) is 3.93. The molecule has 5 heteroatoms. The fourth-order valence-corrected chi connectivity index (χ4v) is 2.50. The number of aliphatic imine (C=N–C) groups is 1. The summed E-state index contributed by atoms with van der Waals surface area (Å²) < 4.78 is 1.94. The Morgan fingerprint density at radius 3 is 2.52 bits per heavy atom. The van der Waals surface area contributed by atoms with Crippen molar-refractivity contribution in [2.75, 3.05) is 13.1 Å². The minimum Gasteiger partial charge on any atom is -0.357 e. The van der Waals surface area contributed by atoms with Crippen molar-refractivity contribution in [1.29, 1.82) is 0 Å². The zero-order chi connectivity index (χ0) is 18.1. The van der Waals surface area contributed by atoms with E-state index in [0.29, 0.717) is 12.0 Å². The molecule has 1 aromatic heterocycles. The number of hydrogen-bond donors (Lipinski definition) is 2. The van der Waals surface area contributed by atoms with E-state index in [4.69, 9.17) is 4.99 Å². The lowest BCUT2D eigenvalue weighted by Crippen LogP contribution is -2.38. The van der Waals surface area contributed by atoms with Gasteiger partial charge in [-0.15, -0.1) is 0 Å². The molecule has 0 aliphatic carbocycles. The predicted octanol–water partition coefficient (Wildman–Crippen LogP) is 3.42. The number of guanidine groups is 1. The molecule has 0 unspecified atom stereocenters. The standard InChI is InChI=1S/C20H31N5/c1-5-21-19(22-13-11-20(2,3)4)23-15-17-9-6-7-10-18(17)16-25-14-8-12-24-25/h6-10,12,14H,5,11,13,15-16H2,1-4H3,(H2,21,22,23). The van der Waals surface area contributed by atoms with Crippen LogP contribution in [0.1, 0.15) is 45.2 Å². The van der Waals surface area contributed by atoms with Gasteiger partial charge in [-0.1, -0.05) is 45.0 Å². The molecule has 0 aliphatic heterocycles. The summed E-state index contributed by atoms with van der Waals surface area (Å²) in [6.45, 7) is 12.1. The second kappa shape index (κ2) is 9.25. The molecule has 1 aromatic carbocycles. The van der Waals surface area contributed by atoms with E-state index in [1.54, 1.807) is 0 Å². The van der Waals surface area contributed by atoms with Crippen molar-refractivity contribution in [3.05, 3.63) is 53.9 Å². The third kappa shape index (κ3) is 6.99. The highest BCUT2D eigenvalue weighted by Gasteiger charge is 2.10. The van der Waals surface area contributed by atoms with Crippen molar-refractivity contribution >= 4 is 5.96 Å². The van der Waals surface area contributed by atoms with Crippen LogP contribution in [0.3, 0.4) is 0 Å². The normalized spacial score (nSPS) is 12.2. The lowest BCUT2D eigenvalue weighted by atomic mass is 9.92. The highest BCUT2D eigenvalue weighted by atomic mass is 15.3. The number of nitrogens with zero attached hydrogens (tertiary/aromatic N) is 3. The second-order valence-electron chi connectivity index (χ2n) is 7.40. The van der Waals surface area contributed by atoms with Crippen molar-refractivity contribution in [3.63, 3.8) is 0 Å². The Balaban J connectivity index is 2.01. The van der Waals surface area contributed by atoms with E-state index < -0.39 is 0 Å². The maximum atomic E-state index is 4.76. The average molecular weight is 342 g/mol. The summed E-state index contributed by atoms with van der Waals surface area (Å²) >= 11 is 0. The first-order valence-electron chi connectivity index (χ1n) is 9.04. The molecule has 2 N–H and O–H groups in total. The first kappa shape index (κ1) is 19.0. The molecule has 0 amide bonds. The molecule has 2 aromatic rings. The summed E-state index contributed by atoms with van der Waals surface area (Å²) in [6.07, 6.45) is 4.90. The first-order valence-corrected chi connectivity index (χ1v) is 9.04. The quantitative estimate of drug-likeness (QED) is 0.599. The average Bonchev–Trinajstić information content (AvgIpc) is 3.05. The molecule has 2 rings (SSSR count). The van der Waals surface area contributed by atoms with Gasteiger partial charge in [0.1, 0.15) is 0 Å². The van der Waals surface area contributed by atoms with Gasteiger partial charge in [0, 0.05) is 25.5 Å². The third-order valence-electron chi connectivity index (χ3n) is 3.93. The van der Waals surface area contributed by atoms with Crippen molar-refractivity contribution in [2.24, 2.45) is 10.4 Å². The summed E-state index contributed by atoms with van der Waals surface area (Å²) in [5.41, 5.74) is 2.80. The molecule has 0 saturated heterocycles. The van der Waals surface area contributed by atoms with Crippen LogP contribution in [0.4, 0.5) is 0 Å². The van der Waals surface area contributed by atoms with Gasteiger partial charge in [0.05, 0.1) is 13.1 Å². The van der Waals surface area contributed by atoms with Crippen LogP contribution in [0.5, 0.6) is 0 Å². The smallest absolute Gasteiger partial charge is 0.191 e. The number of nitrogens with one attached hydrogen (secondary N) is 2. The fraction of sp³-hybridized carbons (Fsp3) is 0.500. The Labute approximate surface area is 151 Å². The lowest BCUT2D eigenvalue weighted by Gasteiger charge is -2.19. The minimum atomic E-state index is 0.320. The zero-order valence-corrected chi connectivity index (χ0v) is 15.9. The van der Waals surface area contributed by atoms with Gasteiger partial charge in [0.25, 0.3) is 0 Å². The van der Waals surface area contributed by atoms with E-state index in [9.17, 15) is 0 Å². The molecule has 1 heterocycles. The monoisotopic (exact) mass is 341 g/mol. The number of aromatic nitrogens is 2. The fourth-order valence-electron chi connectivity index (χ4n) is 2.50. The summed E-state index contributed by atoms with van der Waals surface area (Å²) in [4.78, 5) is 4.76. The van der Waals surface area contributed by atoms with Gasteiger partial charge in [-0.05, 0) is 36.0 Å². The summed E-state index contributed by atoms with van der Waals surface area (Å²) in [7, 11) is 0. The van der Waals surface area contributed by atoms with Crippen molar-refractivity contribution < 1.29 is 0 Å². The maximum Gasteiger partial charge on any atom is 0.191 e. The van der Waals surface area contributed by atoms with E-state index in [0.717, 1.165) is 32.0 Å². The molecule has 136 valence electrons. The van der Waals surface area contributed by atoms with Gasteiger partial charge in [-0.3, -0.25) is 4.68 Å². The molecule has 5 nitrogen and oxygen atoms in total. The van der Waals surface area contributed by atoms with E-state index in [1.807, 2.05) is 23.1 Å². The van der Waals surface area contributed by atoms with Crippen LogP contribution in [-0.2, 0) is 13.1 Å². The summed E-state index contributed by atoms with van der Waals surface area (Å²) in [5, 5.41) is 11.1. The second-order valence-corrected chi connectivity index (χ2v) is 7.40. The van der Waals surface area contributed by atoms with Gasteiger partial charge >= 0.3 is 0 Å². The van der Waals surface area contributed by atoms with E-state index >= 15 is 0 Å². The Morgan fingerprint density at radius 1 is 1.12 bits per heavy atom. The summed E-state index contributed by atoms with van der Waals surface area (Å²) in [5.74, 6) is 0.876. The minimum absolute atomic E-state index is 0.320. The van der Waals surface area contributed by atoms with Crippen LogP contribution in [0.15, 0.2) is 47.7 Å². The molecule has 0 bridgehead atoms. The lowest BCUT2D eigenvalue weighted by molar-refractivity contribution is 0.377. The Morgan fingerprint density at radius 2 is 1.88 bits per heavy atom. The van der Waals surface area contributed by atoms with Crippen LogP contribution in [-0.4, -0.2) is 28.8 Å². The Bertz CT molecular complexity index is 653. The van der Waals surface area contributed by atoms with E-state index in [2.05, 4.69) is 67.7 Å². The topological polar surface area (TPSA) is 54.2 Å². The van der Waals surface area contributed by atoms with Gasteiger partial charge in [0.2, 0.25) is 0 Å². The molecule has 0 radical (unpaired) electrons. The van der Waals surface area contributed by atoms with Gasteiger partial charge in [-0.25, -0.2) is 4.99 Å². The Kier molecular flexibility index (Phi) is 7.04. The van der Waals surface area contributed by atoms with Gasteiger partial charge < -0.3 is 10.6 Å². The van der Waals surface area contributed by atoms with Gasteiger partial charge in [0.15, 0.2) is 5.96 Å². The molecule has 0 fully saturated rings. The van der Waals surface area contributed by atoms with Crippen LogP contribution >= 0.6 is 0 Å². The Hall–Kier alpha value is -2.30.